The molecule has 0 bridgehead atoms. The Hall–Kier alpha value is -3.10. The van der Waals surface area contributed by atoms with Crippen molar-refractivity contribution < 1.29 is 38.1 Å². The van der Waals surface area contributed by atoms with Gasteiger partial charge in [-0.3, -0.25) is 9.59 Å². The second-order valence-electron chi connectivity index (χ2n) is 6.02. The number of carbonyl (C=O) groups is 4. The zero-order valence-corrected chi connectivity index (χ0v) is 17.3. The number of carbonyl (C=O) groups excluding carboxylic acids is 4. The van der Waals surface area contributed by atoms with E-state index in [0.29, 0.717) is 17.1 Å². The Kier molecular flexibility index (Phi) is 9.11. The Labute approximate surface area is 169 Å². The molecular weight excluding hydrogens is 382 g/mol. The Bertz CT molecular complexity index is 741. The van der Waals surface area contributed by atoms with Crippen LogP contribution >= 0.6 is 0 Å². The Balaban J connectivity index is 3.18. The summed E-state index contributed by atoms with van der Waals surface area (Å²) in [5.41, 5.74) is -1.81. The van der Waals surface area contributed by atoms with Gasteiger partial charge in [-0.15, -0.1) is 0 Å². The first-order chi connectivity index (χ1) is 13.7. The van der Waals surface area contributed by atoms with Crippen molar-refractivity contribution in [2.45, 2.75) is 39.2 Å². The van der Waals surface area contributed by atoms with Crippen LogP contribution in [0.5, 0.6) is 11.5 Å². The molecule has 0 saturated heterocycles. The summed E-state index contributed by atoms with van der Waals surface area (Å²) in [6.07, 6.45) is -0.551. The molecule has 160 valence electrons. The van der Waals surface area contributed by atoms with Crippen LogP contribution in [0, 0.1) is 0 Å². The quantitative estimate of drug-likeness (QED) is 0.333. The minimum Gasteiger partial charge on any atom is -0.493 e. The first-order valence-electron chi connectivity index (χ1n) is 9.14. The van der Waals surface area contributed by atoms with Crippen LogP contribution in [0.3, 0.4) is 0 Å². The molecule has 1 N–H and O–H groups in total. The van der Waals surface area contributed by atoms with Crippen LogP contribution in [0.4, 0.5) is 0 Å². The summed E-state index contributed by atoms with van der Waals surface area (Å²) in [6, 6.07) is 4.61. The lowest BCUT2D eigenvalue weighted by Crippen LogP contribution is -2.61. The van der Waals surface area contributed by atoms with E-state index in [0.717, 1.165) is 6.92 Å². The summed E-state index contributed by atoms with van der Waals surface area (Å²) in [5.74, 6) is -2.14. The topological polar surface area (TPSA) is 117 Å². The lowest BCUT2D eigenvalue weighted by Gasteiger charge is -2.29. The molecule has 0 aliphatic heterocycles. The number of nitrogens with one attached hydrogen (secondary N) is 1. The van der Waals surface area contributed by atoms with Crippen LogP contribution in [0.25, 0.3) is 0 Å². The Morgan fingerprint density at radius 2 is 1.48 bits per heavy atom. The number of ether oxygens (including phenoxy) is 4. The Morgan fingerprint density at radius 1 is 0.931 bits per heavy atom. The van der Waals surface area contributed by atoms with Crippen molar-refractivity contribution in [3.8, 4) is 11.5 Å². The number of hydrogen-bond acceptors (Lipinski definition) is 8. The number of amides is 1. The van der Waals surface area contributed by atoms with Gasteiger partial charge in [0.1, 0.15) is 0 Å². The smallest absolute Gasteiger partial charge is 0.343 e. The molecule has 0 fully saturated rings. The maximum atomic E-state index is 12.7. The lowest BCUT2D eigenvalue weighted by molar-refractivity contribution is -0.168. The summed E-state index contributed by atoms with van der Waals surface area (Å²) in [7, 11) is 2.91. The maximum Gasteiger partial charge on any atom is 0.343 e. The average Bonchev–Trinajstić information content (AvgIpc) is 2.70. The summed E-state index contributed by atoms with van der Waals surface area (Å²) in [4.78, 5) is 49.5. The fourth-order valence-corrected chi connectivity index (χ4v) is 2.72. The molecule has 1 aromatic carbocycles. The predicted molar refractivity (Wildman–Crippen MR) is 103 cm³/mol. The van der Waals surface area contributed by atoms with Gasteiger partial charge in [-0.05, 0) is 38.5 Å². The standard InChI is InChI=1S/C20H27NO8/c1-6-28-18(24)20(21-13(3)22,19(25)29-7-2)11-10-15(23)14-8-9-16(26-4)17(12-14)27-5/h8-9,12H,6-7,10-11H2,1-5H3,(H,21,22). The van der Waals surface area contributed by atoms with E-state index in [-0.39, 0.29) is 31.8 Å². The van der Waals surface area contributed by atoms with Crippen LogP contribution in [-0.2, 0) is 23.9 Å². The number of ketones is 1. The van der Waals surface area contributed by atoms with Crippen molar-refractivity contribution in [3.05, 3.63) is 23.8 Å². The molecule has 0 aliphatic rings. The van der Waals surface area contributed by atoms with Crippen molar-refractivity contribution in [1.82, 2.24) is 5.32 Å². The van der Waals surface area contributed by atoms with Crippen molar-refractivity contribution in [1.29, 1.82) is 0 Å². The lowest BCUT2D eigenvalue weighted by atomic mass is 9.90. The van der Waals surface area contributed by atoms with Crippen LogP contribution in [-0.4, -0.2) is 56.6 Å². The van der Waals surface area contributed by atoms with Gasteiger partial charge in [0.2, 0.25) is 11.4 Å². The van der Waals surface area contributed by atoms with Gasteiger partial charge >= 0.3 is 11.9 Å². The largest absolute Gasteiger partial charge is 0.493 e. The molecule has 9 nitrogen and oxygen atoms in total. The molecule has 0 spiro atoms. The van der Waals surface area contributed by atoms with Gasteiger partial charge in [-0.1, -0.05) is 0 Å². The number of Topliss-reactive ketones (excluding diaryl/α,β-unsaturated/α-hetero) is 1. The van der Waals surface area contributed by atoms with Gasteiger partial charge in [0.25, 0.3) is 0 Å². The highest BCUT2D eigenvalue weighted by Gasteiger charge is 2.50. The van der Waals surface area contributed by atoms with Gasteiger partial charge in [0.05, 0.1) is 27.4 Å². The molecule has 0 heterocycles. The molecule has 0 atom stereocenters. The van der Waals surface area contributed by atoms with Crippen LogP contribution < -0.4 is 14.8 Å². The molecule has 0 saturated carbocycles. The highest BCUT2D eigenvalue weighted by molar-refractivity contribution is 6.08. The van der Waals surface area contributed by atoms with Gasteiger partial charge in [-0.2, -0.15) is 0 Å². The maximum absolute atomic E-state index is 12.7. The highest BCUT2D eigenvalue weighted by Crippen LogP contribution is 2.29. The van der Waals surface area contributed by atoms with Crippen LogP contribution in [0.1, 0.15) is 44.0 Å². The fraction of sp³-hybridized carbons (Fsp3) is 0.500. The number of benzene rings is 1. The summed E-state index contributed by atoms with van der Waals surface area (Å²) < 4.78 is 20.3. The molecule has 9 heteroatoms. The van der Waals surface area contributed by atoms with E-state index in [9.17, 15) is 19.2 Å². The van der Waals surface area contributed by atoms with Gasteiger partial charge in [-0.25, -0.2) is 9.59 Å². The molecule has 1 aromatic rings. The monoisotopic (exact) mass is 409 g/mol. The van der Waals surface area contributed by atoms with Gasteiger partial charge < -0.3 is 24.3 Å². The van der Waals surface area contributed by atoms with E-state index in [4.69, 9.17) is 18.9 Å². The van der Waals surface area contributed by atoms with Crippen molar-refractivity contribution in [2.24, 2.45) is 0 Å². The Morgan fingerprint density at radius 3 is 1.93 bits per heavy atom. The van der Waals surface area contributed by atoms with E-state index >= 15 is 0 Å². The van der Waals surface area contributed by atoms with E-state index in [1.807, 2.05) is 0 Å². The molecule has 29 heavy (non-hydrogen) atoms. The average molecular weight is 409 g/mol. The van der Waals surface area contributed by atoms with E-state index in [1.54, 1.807) is 26.0 Å². The first-order valence-corrected chi connectivity index (χ1v) is 9.14. The molecule has 0 aromatic heterocycles. The minimum absolute atomic E-state index is 0.0107. The third-order valence-electron chi connectivity index (χ3n) is 4.07. The zero-order chi connectivity index (χ0) is 22.0. The van der Waals surface area contributed by atoms with Crippen molar-refractivity contribution >= 4 is 23.6 Å². The summed E-state index contributed by atoms with van der Waals surface area (Å²) >= 11 is 0. The number of esters is 2. The van der Waals surface area contributed by atoms with E-state index in [2.05, 4.69) is 5.32 Å². The zero-order valence-electron chi connectivity index (χ0n) is 17.3. The van der Waals surface area contributed by atoms with Crippen LogP contribution in [0.2, 0.25) is 0 Å². The molecule has 1 rings (SSSR count). The predicted octanol–water partition coefficient (Wildman–Crippen LogP) is 1.67. The second-order valence-corrected chi connectivity index (χ2v) is 6.02. The highest BCUT2D eigenvalue weighted by atomic mass is 16.6. The first kappa shape index (κ1) is 23.9. The minimum atomic E-state index is -2.11. The molecule has 1 amide bonds. The second kappa shape index (κ2) is 11.0. The molecule has 0 unspecified atom stereocenters. The molecular formula is C20H27NO8. The van der Waals surface area contributed by atoms with E-state index in [1.165, 1.54) is 20.3 Å². The summed E-state index contributed by atoms with van der Waals surface area (Å²) in [6.45, 7) is 4.27. The van der Waals surface area contributed by atoms with E-state index < -0.39 is 23.4 Å². The summed E-state index contributed by atoms with van der Waals surface area (Å²) in [5, 5.41) is 2.33. The number of rotatable bonds is 11. The fourth-order valence-electron chi connectivity index (χ4n) is 2.72. The van der Waals surface area contributed by atoms with Gasteiger partial charge in [0.15, 0.2) is 17.3 Å². The molecule has 0 aliphatic carbocycles. The number of hydrogen-bond donors (Lipinski definition) is 1. The number of methoxy groups -OCH3 is 2. The van der Waals surface area contributed by atoms with Crippen molar-refractivity contribution in [3.63, 3.8) is 0 Å². The van der Waals surface area contributed by atoms with Gasteiger partial charge in [0, 0.05) is 18.9 Å². The van der Waals surface area contributed by atoms with Crippen molar-refractivity contribution in [2.75, 3.05) is 27.4 Å². The third-order valence-corrected chi connectivity index (χ3v) is 4.07. The normalized spacial score (nSPS) is 10.7. The SMILES string of the molecule is CCOC(=O)C(CCC(=O)c1ccc(OC)c(OC)c1)(NC(C)=O)C(=O)OCC. The molecule has 0 radical (unpaired) electrons. The van der Waals surface area contributed by atoms with Crippen LogP contribution in [0.15, 0.2) is 18.2 Å². The third kappa shape index (κ3) is 5.94.